The minimum absolute atomic E-state index is 0.0597. The van der Waals surface area contributed by atoms with Crippen molar-refractivity contribution in [2.45, 2.75) is 64.1 Å². The number of allylic oxidation sites excluding steroid dienone is 3. The lowest BCUT2D eigenvalue weighted by atomic mass is 9.47. The second kappa shape index (κ2) is 5.15. The Morgan fingerprint density at radius 3 is 2.42 bits per heavy atom. The van der Waals surface area contributed by atoms with Crippen LogP contribution in [0.3, 0.4) is 0 Å². The molecule has 0 aromatic heterocycles. The highest BCUT2D eigenvalue weighted by atomic mass is 19.4. The second-order valence-electron chi connectivity index (χ2n) is 9.08. The van der Waals surface area contributed by atoms with Crippen LogP contribution < -0.4 is 0 Å². The smallest absolute Gasteiger partial charge is 0.417 e. The number of ketones is 1. The molecule has 0 spiro atoms. The van der Waals surface area contributed by atoms with Gasteiger partial charge in [0.25, 0.3) is 0 Å². The highest BCUT2D eigenvalue weighted by molar-refractivity contribution is 6.04. The van der Waals surface area contributed by atoms with Gasteiger partial charge in [0.05, 0.1) is 0 Å². The Morgan fingerprint density at radius 2 is 1.77 bits per heavy atom. The molecular formula is C20H25F3O3. The first kappa shape index (κ1) is 18.1. The second-order valence-corrected chi connectivity index (χ2v) is 9.08. The first-order valence-electron chi connectivity index (χ1n) is 9.41. The Labute approximate surface area is 151 Å². The van der Waals surface area contributed by atoms with Crippen molar-refractivity contribution in [2.75, 3.05) is 0 Å². The van der Waals surface area contributed by atoms with Crippen LogP contribution in [0.15, 0.2) is 23.5 Å². The Morgan fingerprint density at radius 1 is 1.12 bits per heavy atom. The van der Waals surface area contributed by atoms with E-state index in [1.54, 1.807) is 6.92 Å². The molecule has 0 aromatic carbocycles. The van der Waals surface area contributed by atoms with Gasteiger partial charge in [0.1, 0.15) is 0 Å². The van der Waals surface area contributed by atoms with E-state index in [-0.39, 0.29) is 35.7 Å². The van der Waals surface area contributed by atoms with Gasteiger partial charge in [-0.05, 0) is 67.9 Å². The number of alkyl halides is 3. The van der Waals surface area contributed by atoms with E-state index in [2.05, 4.69) is 0 Å². The molecule has 0 bridgehead atoms. The summed E-state index contributed by atoms with van der Waals surface area (Å²) in [6.45, 7) is 3.60. The number of hydrogen-bond acceptors (Lipinski definition) is 3. The van der Waals surface area contributed by atoms with Crippen LogP contribution >= 0.6 is 0 Å². The van der Waals surface area contributed by atoms with E-state index in [1.165, 1.54) is 6.08 Å². The fourth-order valence-electron chi connectivity index (χ4n) is 6.79. The SMILES string of the molecule is C[C@]12C=CC(=O)C(O)=C1CC[C@@H]1[C@@H]2CC[C@@]2(C)[C@H]1CC[C@@]2(O)C(F)(F)F. The monoisotopic (exact) mass is 370 g/mol. The molecule has 26 heavy (non-hydrogen) atoms. The van der Waals surface area contributed by atoms with Gasteiger partial charge in [-0.3, -0.25) is 4.79 Å². The molecule has 6 atom stereocenters. The van der Waals surface area contributed by atoms with E-state index in [9.17, 15) is 28.2 Å². The van der Waals surface area contributed by atoms with Crippen molar-refractivity contribution in [3.05, 3.63) is 23.5 Å². The Hall–Kier alpha value is -1.30. The van der Waals surface area contributed by atoms with E-state index in [1.807, 2.05) is 13.0 Å². The zero-order chi connectivity index (χ0) is 19.1. The maximum Gasteiger partial charge on any atom is 0.417 e. The predicted octanol–water partition coefficient (Wildman–Crippen LogP) is 4.47. The molecule has 0 aliphatic heterocycles. The maximum atomic E-state index is 13.7. The van der Waals surface area contributed by atoms with Crippen LogP contribution in [-0.2, 0) is 4.79 Å². The first-order valence-corrected chi connectivity index (χ1v) is 9.41. The molecule has 3 fully saturated rings. The quantitative estimate of drug-likeness (QED) is 0.661. The summed E-state index contributed by atoms with van der Waals surface area (Å²) in [6, 6.07) is 0. The molecule has 3 nitrogen and oxygen atoms in total. The summed E-state index contributed by atoms with van der Waals surface area (Å²) in [5, 5.41) is 20.9. The van der Waals surface area contributed by atoms with Crippen LogP contribution in [0.1, 0.15) is 52.4 Å². The third kappa shape index (κ3) is 1.97. The normalized spacial score (nSPS) is 48.2. The van der Waals surface area contributed by atoms with Gasteiger partial charge < -0.3 is 10.2 Å². The lowest BCUT2D eigenvalue weighted by Gasteiger charge is -2.58. The van der Waals surface area contributed by atoms with Crippen LogP contribution in [0.2, 0.25) is 0 Å². The van der Waals surface area contributed by atoms with E-state index in [4.69, 9.17) is 0 Å². The molecule has 6 heteroatoms. The molecule has 144 valence electrons. The summed E-state index contributed by atoms with van der Waals surface area (Å²) >= 11 is 0. The topological polar surface area (TPSA) is 57.5 Å². The molecule has 3 saturated carbocycles. The van der Waals surface area contributed by atoms with Gasteiger partial charge in [0, 0.05) is 10.8 Å². The van der Waals surface area contributed by atoms with Crippen molar-refractivity contribution < 1.29 is 28.2 Å². The molecule has 2 N–H and O–H groups in total. The number of carbonyl (C=O) groups is 1. The summed E-state index contributed by atoms with van der Waals surface area (Å²) in [4.78, 5) is 11.8. The zero-order valence-electron chi connectivity index (χ0n) is 15.1. The Bertz CT molecular complexity index is 724. The lowest BCUT2D eigenvalue weighted by molar-refractivity contribution is -0.302. The molecular weight excluding hydrogens is 345 g/mol. The minimum atomic E-state index is -4.62. The number of carbonyl (C=O) groups excluding carboxylic acids is 1. The number of aliphatic hydroxyl groups is 2. The van der Waals surface area contributed by atoms with Crippen LogP contribution in [0.5, 0.6) is 0 Å². The van der Waals surface area contributed by atoms with Gasteiger partial charge >= 0.3 is 6.18 Å². The van der Waals surface area contributed by atoms with Crippen LogP contribution in [0, 0.1) is 28.6 Å². The third-order valence-corrected chi connectivity index (χ3v) is 8.31. The number of rotatable bonds is 0. The minimum Gasteiger partial charge on any atom is -0.504 e. The van der Waals surface area contributed by atoms with Crippen molar-refractivity contribution in [1.29, 1.82) is 0 Å². The summed E-state index contributed by atoms with van der Waals surface area (Å²) < 4.78 is 41.1. The average Bonchev–Trinajstić information content (AvgIpc) is 2.84. The van der Waals surface area contributed by atoms with Crippen molar-refractivity contribution >= 4 is 5.78 Å². The predicted molar refractivity (Wildman–Crippen MR) is 89.2 cm³/mol. The summed E-state index contributed by atoms with van der Waals surface area (Å²) in [5.74, 6) is -0.612. The van der Waals surface area contributed by atoms with Gasteiger partial charge in [0.2, 0.25) is 5.78 Å². The molecule has 0 amide bonds. The molecule has 0 radical (unpaired) electrons. The molecule has 4 aliphatic carbocycles. The number of fused-ring (bicyclic) bond motifs is 5. The van der Waals surface area contributed by atoms with E-state index in [0.29, 0.717) is 32.1 Å². The van der Waals surface area contributed by atoms with Gasteiger partial charge in [-0.2, -0.15) is 13.2 Å². The van der Waals surface area contributed by atoms with Crippen LogP contribution in [-0.4, -0.2) is 27.8 Å². The van der Waals surface area contributed by atoms with E-state index >= 15 is 0 Å². The molecule has 0 saturated heterocycles. The van der Waals surface area contributed by atoms with Gasteiger partial charge in [-0.1, -0.05) is 19.9 Å². The highest BCUT2D eigenvalue weighted by Gasteiger charge is 2.72. The number of aliphatic hydroxyl groups excluding tert-OH is 1. The van der Waals surface area contributed by atoms with Crippen LogP contribution in [0.4, 0.5) is 13.2 Å². The number of halogens is 3. The highest BCUT2D eigenvalue weighted by Crippen LogP contribution is 2.69. The molecule has 4 rings (SSSR count). The number of hydrogen-bond donors (Lipinski definition) is 2. The largest absolute Gasteiger partial charge is 0.504 e. The lowest BCUT2D eigenvalue weighted by Crippen LogP contribution is -2.59. The van der Waals surface area contributed by atoms with Crippen molar-refractivity contribution in [2.24, 2.45) is 28.6 Å². The van der Waals surface area contributed by atoms with E-state index < -0.39 is 22.6 Å². The van der Waals surface area contributed by atoms with Gasteiger partial charge in [-0.15, -0.1) is 0 Å². The maximum absolute atomic E-state index is 13.7. The third-order valence-electron chi connectivity index (χ3n) is 8.31. The van der Waals surface area contributed by atoms with Crippen LogP contribution in [0.25, 0.3) is 0 Å². The van der Waals surface area contributed by atoms with E-state index in [0.717, 1.165) is 5.57 Å². The molecule has 0 heterocycles. The molecule has 0 unspecified atom stereocenters. The summed E-state index contributed by atoms with van der Waals surface area (Å²) in [6.07, 6.45) is 0.803. The standard InChI is InChI=1S/C20H25F3O3/c1-17-8-7-15(24)16(25)14(17)4-3-11-12(17)5-9-18(2)13(11)6-10-19(18,26)20(21,22)23/h7-8,11-13,25-26H,3-6,9-10H2,1-2H3/t11-,12+,13+,17-,18+,19+/m1/s1. The summed E-state index contributed by atoms with van der Waals surface area (Å²) in [7, 11) is 0. The molecule has 0 aromatic rings. The molecule has 4 aliphatic rings. The summed E-state index contributed by atoms with van der Waals surface area (Å²) in [5.41, 5.74) is -3.53. The fraction of sp³-hybridized carbons (Fsp3) is 0.750. The van der Waals surface area contributed by atoms with Crippen molar-refractivity contribution in [3.63, 3.8) is 0 Å². The van der Waals surface area contributed by atoms with Gasteiger partial charge in [-0.25, -0.2) is 0 Å². The Balaban J connectivity index is 1.73. The van der Waals surface area contributed by atoms with Gasteiger partial charge in [0.15, 0.2) is 11.4 Å². The Kier molecular flexibility index (Phi) is 3.58. The van der Waals surface area contributed by atoms with Crippen molar-refractivity contribution in [3.8, 4) is 0 Å². The fourth-order valence-corrected chi connectivity index (χ4v) is 6.79. The first-order chi connectivity index (χ1) is 12.0. The zero-order valence-corrected chi connectivity index (χ0v) is 15.1. The average molecular weight is 370 g/mol. The van der Waals surface area contributed by atoms with Crippen molar-refractivity contribution in [1.82, 2.24) is 0 Å².